The quantitative estimate of drug-likeness (QED) is 0.856. The maximum Gasteiger partial charge on any atom is 0.0845 e. The van der Waals surface area contributed by atoms with Crippen LogP contribution in [0.5, 0.6) is 0 Å². The Kier molecular flexibility index (Phi) is 4.40. The molecule has 4 heteroatoms. The Hall–Kier alpha value is -0.880. The van der Waals surface area contributed by atoms with Crippen LogP contribution in [0.15, 0.2) is 30.3 Å². The molecule has 0 aliphatic rings. The van der Waals surface area contributed by atoms with E-state index >= 15 is 0 Å². The molecule has 96 valence electrons. The molecular formula is C14H17IN2O. The van der Waals surface area contributed by atoms with E-state index in [1.165, 1.54) is 0 Å². The summed E-state index contributed by atoms with van der Waals surface area (Å²) in [6, 6.07) is 10.0. The number of aromatic nitrogens is 2. The van der Waals surface area contributed by atoms with Crippen LogP contribution in [-0.4, -0.2) is 14.9 Å². The van der Waals surface area contributed by atoms with Crippen molar-refractivity contribution in [2.45, 2.75) is 25.9 Å². The lowest BCUT2D eigenvalue weighted by molar-refractivity contribution is 0.175. The minimum absolute atomic E-state index is 0.472. The Morgan fingerprint density at radius 2 is 2.17 bits per heavy atom. The van der Waals surface area contributed by atoms with Gasteiger partial charge in [-0.05, 0) is 52.8 Å². The molecule has 0 bridgehead atoms. The molecule has 3 nitrogen and oxygen atoms in total. The highest BCUT2D eigenvalue weighted by Crippen LogP contribution is 2.20. The van der Waals surface area contributed by atoms with Crippen molar-refractivity contribution in [2.24, 2.45) is 7.05 Å². The summed E-state index contributed by atoms with van der Waals surface area (Å²) >= 11 is 2.26. The number of aliphatic hydroxyl groups excluding tert-OH is 1. The molecule has 0 aliphatic heterocycles. The zero-order chi connectivity index (χ0) is 13.1. The number of aliphatic hydroxyl groups is 1. The number of hydrogen-bond acceptors (Lipinski definition) is 2. The standard InChI is InChI=1S/C14H17IN2O/c1-3-12-8-13(17(2)16-12)9-14(18)10-5-4-6-11(15)7-10/h4-8,14,18H,3,9H2,1-2H3. The molecule has 1 unspecified atom stereocenters. The van der Waals surface area contributed by atoms with E-state index in [9.17, 15) is 5.11 Å². The van der Waals surface area contributed by atoms with Crippen LogP contribution in [0.4, 0.5) is 0 Å². The van der Waals surface area contributed by atoms with Crippen LogP contribution >= 0.6 is 22.6 Å². The van der Waals surface area contributed by atoms with E-state index in [0.717, 1.165) is 26.9 Å². The van der Waals surface area contributed by atoms with Crippen molar-refractivity contribution in [2.75, 3.05) is 0 Å². The van der Waals surface area contributed by atoms with E-state index in [-0.39, 0.29) is 0 Å². The molecule has 0 saturated heterocycles. The van der Waals surface area contributed by atoms with Crippen LogP contribution in [0.1, 0.15) is 30.0 Å². The van der Waals surface area contributed by atoms with Crippen LogP contribution in [0.25, 0.3) is 0 Å². The summed E-state index contributed by atoms with van der Waals surface area (Å²) in [5.41, 5.74) is 3.10. The second-order valence-electron chi connectivity index (χ2n) is 4.38. The summed E-state index contributed by atoms with van der Waals surface area (Å²) in [5.74, 6) is 0. The van der Waals surface area contributed by atoms with Crippen LogP contribution in [0.2, 0.25) is 0 Å². The van der Waals surface area contributed by atoms with E-state index in [1.807, 2.05) is 36.0 Å². The van der Waals surface area contributed by atoms with Gasteiger partial charge in [-0.25, -0.2) is 0 Å². The number of nitrogens with zero attached hydrogens (tertiary/aromatic N) is 2. The summed E-state index contributed by atoms with van der Waals surface area (Å²) in [5, 5.41) is 14.7. The molecule has 0 saturated carbocycles. The van der Waals surface area contributed by atoms with Gasteiger partial charge in [-0.3, -0.25) is 4.68 Å². The van der Waals surface area contributed by atoms with Crippen LogP contribution < -0.4 is 0 Å². The molecule has 2 aromatic rings. The predicted molar refractivity (Wildman–Crippen MR) is 80.4 cm³/mol. The van der Waals surface area contributed by atoms with Gasteiger partial charge in [0, 0.05) is 22.7 Å². The Morgan fingerprint density at radius 1 is 1.39 bits per heavy atom. The second-order valence-corrected chi connectivity index (χ2v) is 5.62. The van der Waals surface area contributed by atoms with Gasteiger partial charge in [0.25, 0.3) is 0 Å². The third-order valence-corrected chi connectivity index (χ3v) is 3.70. The summed E-state index contributed by atoms with van der Waals surface area (Å²) in [4.78, 5) is 0. The highest BCUT2D eigenvalue weighted by molar-refractivity contribution is 14.1. The fourth-order valence-electron chi connectivity index (χ4n) is 1.97. The van der Waals surface area contributed by atoms with Crippen molar-refractivity contribution in [1.29, 1.82) is 0 Å². The lowest BCUT2D eigenvalue weighted by Crippen LogP contribution is -2.06. The fraction of sp³-hybridized carbons (Fsp3) is 0.357. The molecule has 0 aliphatic carbocycles. The number of halogens is 1. The van der Waals surface area contributed by atoms with E-state index in [4.69, 9.17) is 0 Å². The first kappa shape index (κ1) is 13.5. The number of rotatable bonds is 4. The summed E-state index contributed by atoms with van der Waals surface area (Å²) in [6.07, 6.45) is 1.05. The minimum atomic E-state index is -0.472. The minimum Gasteiger partial charge on any atom is -0.388 e. The molecule has 0 fully saturated rings. The molecule has 1 N–H and O–H groups in total. The molecular weight excluding hydrogens is 339 g/mol. The molecule has 0 amide bonds. The third kappa shape index (κ3) is 3.11. The van der Waals surface area contributed by atoms with Gasteiger partial charge in [0.2, 0.25) is 0 Å². The molecule has 0 spiro atoms. The number of hydrogen-bond donors (Lipinski definition) is 1. The SMILES string of the molecule is CCc1cc(CC(O)c2cccc(I)c2)n(C)n1. The fourth-order valence-corrected chi connectivity index (χ4v) is 2.53. The van der Waals surface area contributed by atoms with E-state index in [0.29, 0.717) is 6.42 Å². The summed E-state index contributed by atoms with van der Waals surface area (Å²) in [6.45, 7) is 2.09. The van der Waals surface area contributed by atoms with Crippen molar-refractivity contribution in [1.82, 2.24) is 9.78 Å². The Bertz CT molecular complexity index is 536. The molecule has 1 heterocycles. The zero-order valence-electron chi connectivity index (χ0n) is 10.6. The van der Waals surface area contributed by atoms with Crippen molar-refractivity contribution < 1.29 is 5.11 Å². The Morgan fingerprint density at radius 3 is 2.78 bits per heavy atom. The second kappa shape index (κ2) is 5.84. The van der Waals surface area contributed by atoms with Gasteiger partial charge in [-0.2, -0.15) is 5.10 Å². The van der Waals surface area contributed by atoms with Gasteiger partial charge in [0.15, 0.2) is 0 Å². The molecule has 18 heavy (non-hydrogen) atoms. The van der Waals surface area contributed by atoms with Crippen LogP contribution in [-0.2, 0) is 19.9 Å². The summed E-state index contributed by atoms with van der Waals surface area (Å²) in [7, 11) is 1.93. The average Bonchev–Trinajstić information content (AvgIpc) is 2.70. The lowest BCUT2D eigenvalue weighted by Gasteiger charge is -2.11. The highest BCUT2D eigenvalue weighted by Gasteiger charge is 2.12. The van der Waals surface area contributed by atoms with Crippen molar-refractivity contribution in [3.8, 4) is 0 Å². The van der Waals surface area contributed by atoms with Crippen LogP contribution in [0, 0.1) is 3.57 Å². The predicted octanol–water partition coefficient (Wildman–Crippen LogP) is 2.86. The van der Waals surface area contributed by atoms with Crippen molar-refractivity contribution in [3.63, 3.8) is 0 Å². The van der Waals surface area contributed by atoms with Crippen molar-refractivity contribution >= 4 is 22.6 Å². The first-order chi connectivity index (χ1) is 8.60. The first-order valence-corrected chi connectivity index (χ1v) is 7.13. The molecule has 1 aromatic carbocycles. The van der Waals surface area contributed by atoms with Gasteiger partial charge >= 0.3 is 0 Å². The third-order valence-electron chi connectivity index (χ3n) is 3.03. The average molecular weight is 356 g/mol. The largest absolute Gasteiger partial charge is 0.388 e. The topological polar surface area (TPSA) is 38.0 Å². The molecule has 2 rings (SSSR count). The monoisotopic (exact) mass is 356 g/mol. The molecule has 1 atom stereocenters. The first-order valence-electron chi connectivity index (χ1n) is 6.05. The van der Waals surface area contributed by atoms with Crippen molar-refractivity contribution in [3.05, 3.63) is 50.9 Å². The zero-order valence-corrected chi connectivity index (χ0v) is 12.8. The van der Waals surface area contributed by atoms with Gasteiger partial charge in [-0.1, -0.05) is 19.1 Å². The smallest absolute Gasteiger partial charge is 0.0845 e. The van der Waals surface area contributed by atoms with Gasteiger partial charge in [0.05, 0.1) is 11.8 Å². The van der Waals surface area contributed by atoms with Crippen LogP contribution in [0.3, 0.4) is 0 Å². The molecule has 1 aromatic heterocycles. The van der Waals surface area contributed by atoms with Gasteiger partial charge in [-0.15, -0.1) is 0 Å². The van der Waals surface area contributed by atoms with E-state index in [1.54, 1.807) is 0 Å². The Balaban J connectivity index is 2.15. The van der Waals surface area contributed by atoms with E-state index in [2.05, 4.69) is 40.7 Å². The maximum absolute atomic E-state index is 10.3. The van der Waals surface area contributed by atoms with Gasteiger partial charge in [0.1, 0.15) is 0 Å². The Labute approximate surface area is 121 Å². The summed E-state index contributed by atoms with van der Waals surface area (Å²) < 4.78 is 3.00. The number of benzene rings is 1. The van der Waals surface area contributed by atoms with E-state index < -0.39 is 6.10 Å². The molecule has 0 radical (unpaired) electrons. The normalized spacial score (nSPS) is 12.7. The number of aryl methyl sites for hydroxylation is 2. The highest BCUT2D eigenvalue weighted by atomic mass is 127. The maximum atomic E-state index is 10.3. The lowest BCUT2D eigenvalue weighted by atomic mass is 10.0. The van der Waals surface area contributed by atoms with Gasteiger partial charge < -0.3 is 5.11 Å².